The summed E-state index contributed by atoms with van der Waals surface area (Å²) in [4.78, 5) is 41.1. The van der Waals surface area contributed by atoms with Crippen LogP contribution < -0.4 is 10.6 Å². The van der Waals surface area contributed by atoms with E-state index in [0.29, 0.717) is 6.42 Å². The molecule has 0 aromatic carbocycles. The van der Waals surface area contributed by atoms with E-state index in [-0.39, 0.29) is 30.2 Å². The molecule has 0 radical (unpaired) electrons. The van der Waals surface area contributed by atoms with Crippen LogP contribution in [-0.2, 0) is 19.1 Å². The van der Waals surface area contributed by atoms with E-state index in [0.717, 1.165) is 0 Å². The number of nitrogens with one attached hydrogen (secondary N) is 2. The van der Waals surface area contributed by atoms with E-state index >= 15 is 0 Å². The lowest BCUT2D eigenvalue weighted by Gasteiger charge is -2.37. The maximum atomic E-state index is 13.5. The topological polar surface area (TPSA) is 108 Å². The molecule has 3 unspecified atom stereocenters. The Kier molecular flexibility index (Phi) is 4.83. The average Bonchev–Trinajstić information content (AvgIpc) is 3.09. The molecule has 3 aliphatic rings. The quantitative estimate of drug-likeness (QED) is 0.623. The third-order valence-electron chi connectivity index (χ3n) is 6.77. The van der Waals surface area contributed by atoms with Crippen LogP contribution >= 0.6 is 0 Å². The Morgan fingerprint density at radius 2 is 1.96 bits per heavy atom. The second-order valence-corrected chi connectivity index (χ2v) is 9.83. The normalized spacial score (nSPS) is 40.4. The van der Waals surface area contributed by atoms with Gasteiger partial charge in [-0.1, -0.05) is 6.92 Å². The third-order valence-corrected chi connectivity index (χ3v) is 6.77. The molecule has 3 heterocycles. The summed E-state index contributed by atoms with van der Waals surface area (Å²) in [6.45, 7) is 10.9. The standard InChI is InChI=1S/C20H33N3O5/c1-10-8-20-13(12(15(25)21-7)19(10,6)28-20)17(27)23(11(2)9-24)14(20)16(26)22-18(3,4)5/h10-14,24H,8-9H2,1-7H3,(H,21,25)(H,22,26)/t10?,11-,12+,13+,14?,19-,20?/m1/s1. The molecule has 28 heavy (non-hydrogen) atoms. The number of hydrogen-bond donors (Lipinski definition) is 3. The van der Waals surface area contributed by atoms with Crippen molar-refractivity contribution in [1.29, 1.82) is 0 Å². The van der Waals surface area contributed by atoms with E-state index in [9.17, 15) is 19.5 Å². The average molecular weight is 396 g/mol. The molecule has 2 bridgehead atoms. The molecule has 3 fully saturated rings. The van der Waals surface area contributed by atoms with Crippen molar-refractivity contribution < 1.29 is 24.2 Å². The van der Waals surface area contributed by atoms with E-state index in [1.807, 2.05) is 34.6 Å². The van der Waals surface area contributed by atoms with Crippen LogP contribution in [0.2, 0.25) is 0 Å². The molecule has 0 saturated carbocycles. The minimum Gasteiger partial charge on any atom is -0.394 e. The highest BCUT2D eigenvalue weighted by Crippen LogP contribution is 2.65. The molecule has 8 nitrogen and oxygen atoms in total. The minimum atomic E-state index is -1.07. The first-order chi connectivity index (χ1) is 12.8. The summed E-state index contributed by atoms with van der Waals surface area (Å²) in [6, 6.07) is -1.44. The summed E-state index contributed by atoms with van der Waals surface area (Å²) in [5.41, 5.74) is -2.37. The highest BCUT2D eigenvalue weighted by atomic mass is 16.5. The molecule has 0 aromatic heterocycles. The van der Waals surface area contributed by atoms with Crippen molar-refractivity contribution in [2.75, 3.05) is 13.7 Å². The summed E-state index contributed by atoms with van der Waals surface area (Å²) < 4.78 is 6.50. The van der Waals surface area contributed by atoms with Crippen LogP contribution in [0.1, 0.15) is 48.0 Å². The van der Waals surface area contributed by atoms with E-state index in [2.05, 4.69) is 10.6 Å². The number of carbonyl (C=O) groups excluding carboxylic acids is 3. The number of ether oxygens (including phenoxy) is 1. The maximum Gasteiger partial charge on any atom is 0.246 e. The van der Waals surface area contributed by atoms with E-state index < -0.39 is 40.7 Å². The minimum absolute atomic E-state index is 0.00756. The number of amides is 3. The molecule has 3 rings (SSSR count). The third kappa shape index (κ3) is 2.68. The zero-order valence-electron chi connectivity index (χ0n) is 17.8. The highest BCUT2D eigenvalue weighted by molar-refractivity contribution is 5.99. The first-order valence-corrected chi connectivity index (χ1v) is 10.0. The van der Waals surface area contributed by atoms with Gasteiger partial charge in [0.15, 0.2) is 0 Å². The molecular formula is C20H33N3O5. The van der Waals surface area contributed by atoms with Gasteiger partial charge in [0.2, 0.25) is 17.7 Å². The smallest absolute Gasteiger partial charge is 0.246 e. The monoisotopic (exact) mass is 395 g/mol. The van der Waals surface area contributed by atoms with Crippen molar-refractivity contribution in [3.05, 3.63) is 0 Å². The van der Waals surface area contributed by atoms with Crippen LogP contribution in [0.5, 0.6) is 0 Å². The molecule has 3 aliphatic heterocycles. The summed E-state index contributed by atoms with van der Waals surface area (Å²) in [5.74, 6) is -2.25. The van der Waals surface area contributed by atoms with E-state index in [1.165, 1.54) is 4.90 Å². The molecule has 8 heteroatoms. The second kappa shape index (κ2) is 6.42. The van der Waals surface area contributed by atoms with Gasteiger partial charge in [-0.25, -0.2) is 0 Å². The van der Waals surface area contributed by atoms with Gasteiger partial charge in [-0.15, -0.1) is 0 Å². The Balaban J connectivity index is 2.14. The largest absolute Gasteiger partial charge is 0.394 e. The molecule has 3 amide bonds. The number of carbonyl (C=O) groups is 3. The SMILES string of the molecule is CNC(=O)[C@@H]1[C@H]2C(=O)N([C@H](C)CO)C(C(=O)NC(C)(C)C)C23CC(C)[C@@]1(C)O3. The Morgan fingerprint density at radius 1 is 1.36 bits per heavy atom. The number of likely N-dealkylation sites (tertiary alicyclic amines) is 1. The fourth-order valence-electron chi connectivity index (χ4n) is 5.53. The van der Waals surface area contributed by atoms with Gasteiger partial charge in [0.1, 0.15) is 11.6 Å². The van der Waals surface area contributed by atoms with Crippen LogP contribution in [0.3, 0.4) is 0 Å². The van der Waals surface area contributed by atoms with Crippen LogP contribution in [-0.4, -0.2) is 70.2 Å². The number of rotatable bonds is 4. The van der Waals surface area contributed by atoms with Crippen molar-refractivity contribution in [3.8, 4) is 0 Å². The first kappa shape index (κ1) is 21.0. The van der Waals surface area contributed by atoms with Gasteiger partial charge >= 0.3 is 0 Å². The summed E-state index contributed by atoms with van der Waals surface area (Å²) in [5, 5.41) is 15.4. The fraction of sp³-hybridized carbons (Fsp3) is 0.850. The van der Waals surface area contributed by atoms with Crippen LogP contribution in [0.15, 0.2) is 0 Å². The van der Waals surface area contributed by atoms with Crippen molar-refractivity contribution in [1.82, 2.24) is 15.5 Å². The number of hydrogen-bond acceptors (Lipinski definition) is 5. The van der Waals surface area contributed by atoms with Crippen molar-refractivity contribution in [2.45, 2.75) is 76.8 Å². The van der Waals surface area contributed by atoms with Gasteiger partial charge in [-0.05, 0) is 47.0 Å². The second-order valence-electron chi connectivity index (χ2n) is 9.83. The molecule has 7 atom stereocenters. The summed E-state index contributed by atoms with van der Waals surface area (Å²) in [6.07, 6.45) is 0.518. The van der Waals surface area contributed by atoms with E-state index in [4.69, 9.17) is 4.74 Å². The number of nitrogens with zero attached hydrogens (tertiary/aromatic N) is 1. The molecule has 0 aliphatic carbocycles. The van der Waals surface area contributed by atoms with Gasteiger partial charge in [0.05, 0.1) is 30.1 Å². The number of aliphatic hydroxyl groups excluding tert-OH is 1. The van der Waals surface area contributed by atoms with E-state index in [1.54, 1.807) is 14.0 Å². The van der Waals surface area contributed by atoms with Crippen LogP contribution in [0, 0.1) is 17.8 Å². The predicted molar refractivity (Wildman–Crippen MR) is 102 cm³/mol. The van der Waals surface area contributed by atoms with Crippen LogP contribution in [0.25, 0.3) is 0 Å². The summed E-state index contributed by atoms with van der Waals surface area (Å²) >= 11 is 0. The zero-order chi connectivity index (χ0) is 21.2. The molecule has 1 spiro atoms. The van der Waals surface area contributed by atoms with Crippen molar-refractivity contribution in [2.24, 2.45) is 17.8 Å². The Hall–Kier alpha value is -1.67. The zero-order valence-corrected chi connectivity index (χ0v) is 17.8. The van der Waals surface area contributed by atoms with Gasteiger partial charge < -0.3 is 25.4 Å². The van der Waals surface area contributed by atoms with Gasteiger partial charge in [0.25, 0.3) is 0 Å². The van der Waals surface area contributed by atoms with Crippen molar-refractivity contribution in [3.63, 3.8) is 0 Å². The Bertz CT molecular complexity index is 704. The lowest BCUT2D eigenvalue weighted by molar-refractivity contribution is -0.150. The summed E-state index contributed by atoms with van der Waals surface area (Å²) in [7, 11) is 1.55. The Morgan fingerprint density at radius 3 is 2.46 bits per heavy atom. The maximum absolute atomic E-state index is 13.5. The lowest BCUT2D eigenvalue weighted by Crippen LogP contribution is -2.60. The number of fused-ring (bicyclic) bond motifs is 1. The lowest BCUT2D eigenvalue weighted by atomic mass is 9.62. The van der Waals surface area contributed by atoms with Crippen molar-refractivity contribution >= 4 is 17.7 Å². The molecule has 3 N–H and O–H groups in total. The first-order valence-electron chi connectivity index (χ1n) is 10.0. The number of aliphatic hydroxyl groups is 1. The predicted octanol–water partition coefficient (Wildman–Crippen LogP) is 0.0386. The molecule has 3 saturated heterocycles. The molecular weight excluding hydrogens is 362 g/mol. The fourth-order valence-corrected chi connectivity index (χ4v) is 5.53. The Labute approximate surface area is 166 Å². The van der Waals surface area contributed by atoms with Gasteiger partial charge in [-0.3, -0.25) is 14.4 Å². The van der Waals surface area contributed by atoms with Gasteiger partial charge in [0, 0.05) is 12.6 Å². The molecule has 0 aromatic rings. The molecule has 158 valence electrons. The van der Waals surface area contributed by atoms with Gasteiger partial charge in [-0.2, -0.15) is 0 Å². The highest BCUT2D eigenvalue weighted by Gasteiger charge is 2.80. The van der Waals surface area contributed by atoms with Crippen LogP contribution in [0.4, 0.5) is 0 Å².